The molecule has 0 aliphatic carbocycles. The van der Waals surface area contributed by atoms with E-state index in [1.165, 1.54) is 0 Å². The maximum atomic E-state index is 11.8. The molecule has 2 heterocycles. The number of piperazine rings is 1. The number of guanidine groups is 1. The van der Waals surface area contributed by atoms with Crippen LogP contribution in [0.25, 0.3) is 0 Å². The van der Waals surface area contributed by atoms with Gasteiger partial charge >= 0.3 is 0 Å². The van der Waals surface area contributed by atoms with Crippen LogP contribution in [-0.4, -0.2) is 84.8 Å². The van der Waals surface area contributed by atoms with Gasteiger partial charge in [-0.3, -0.25) is 9.59 Å². The van der Waals surface area contributed by atoms with Crippen molar-refractivity contribution in [2.75, 3.05) is 40.3 Å². The maximum absolute atomic E-state index is 11.8. The highest BCUT2D eigenvalue weighted by Crippen LogP contribution is 2.22. The van der Waals surface area contributed by atoms with Crippen molar-refractivity contribution in [3.05, 3.63) is 0 Å². The average Bonchev–Trinajstić information content (AvgIpc) is 2.91. The van der Waals surface area contributed by atoms with E-state index in [1.807, 2.05) is 4.90 Å². The summed E-state index contributed by atoms with van der Waals surface area (Å²) >= 11 is 0. The van der Waals surface area contributed by atoms with Gasteiger partial charge in [-0.25, -0.2) is 4.99 Å². The lowest BCUT2D eigenvalue weighted by atomic mass is 10.1. The van der Waals surface area contributed by atoms with Crippen LogP contribution in [0.5, 0.6) is 0 Å². The summed E-state index contributed by atoms with van der Waals surface area (Å²) in [5.74, 6) is 1.04. The van der Waals surface area contributed by atoms with Gasteiger partial charge in [0, 0.05) is 52.2 Å². The van der Waals surface area contributed by atoms with Crippen LogP contribution in [-0.2, 0) is 9.59 Å². The molecule has 0 radical (unpaired) electrons. The number of rotatable bonds is 4. The minimum Gasteiger partial charge on any atom is -0.354 e. The van der Waals surface area contributed by atoms with Crippen LogP contribution in [0.15, 0.2) is 4.99 Å². The van der Waals surface area contributed by atoms with E-state index in [4.69, 9.17) is 0 Å². The second-order valence-electron chi connectivity index (χ2n) is 6.61. The molecule has 2 atom stereocenters. The van der Waals surface area contributed by atoms with Crippen molar-refractivity contribution in [1.29, 1.82) is 0 Å². The van der Waals surface area contributed by atoms with E-state index in [1.54, 1.807) is 19.0 Å². The normalized spacial score (nSPS) is 21.9. The molecule has 0 bridgehead atoms. The molecular formula is C16H30IN5O2. The van der Waals surface area contributed by atoms with Crippen LogP contribution in [0.4, 0.5) is 0 Å². The number of amides is 2. The van der Waals surface area contributed by atoms with Crippen LogP contribution in [0.3, 0.4) is 0 Å². The Morgan fingerprint density at radius 2 is 2.12 bits per heavy atom. The van der Waals surface area contributed by atoms with Gasteiger partial charge in [-0.15, -0.1) is 24.0 Å². The highest BCUT2D eigenvalue weighted by molar-refractivity contribution is 14.0. The molecular weight excluding hydrogens is 421 g/mol. The van der Waals surface area contributed by atoms with Gasteiger partial charge in [0.1, 0.15) is 6.54 Å². The molecule has 0 saturated carbocycles. The van der Waals surface area contributed by atoms with Gasteiger partial charge < -0.3 is 20.0 Å². The number of carbonyl (C=O) groups excluding carboxylic acids is 2. The molecule has 2 fully saturated rings. The van der Waals surface area contributed by atoms with Crippen molar-refractivity contribution in [3.63, 3.8) is 0 Å². The molecule has 0 aromatic heterocycles. The van der Waals surface area contributed by atoms with E-state index in [-0.39, 0.29) is 48.4 Å². The van der Waals surface area contributed by atoms with E-state index in [0.717, 1.165) is 38.4 Å². The van der Waals surface area contributed by atoms with Crippen LogP contribution in [0.2, 0.25) is 0 Å². The van der Waals surface area contributed by atoms with Gasteiger partial charge in [0.15, 0.2) is 5.96 Å². The lowest BCUT2D eigenvalue weighted by Gasteiger charge is -2.39. The molecule has 1 N–H and O–H groups in total. The van der Waals surface area contributed by atoms with Gasteiger partial charge in [0.05, 0.1) is 0 Å². The van der Waals surface area contributed by atoms with E-state index in [9.17, 15) is 9.59 Å². The molecule has 0 aromatic rings. The van der Waals surface area contributed by atoms with Gasteiger partial charge in [0.25, 0.3) is 0 Å². The zero-order chi connectivity index (χ0) is 17.0. The molecule has 24 heavy (non-hydrogen) atoms. The Morgan fingerprint density at radius 1 is 1.42 bits per heavy atom. The third-order valence-electron chi connectivity index (χ3n) is 4.64. The van der Waals surface area contributed by atoms with E-state index < -0.39 is 0 Å². The third-order valence-corrected chi connectivity index (χ3v) is 4.64. The summed E-state index contributed by atoms with van der Waals surface area (Å²) in [7, 11) is 3.48. The first kappa shape index (κ1) is 21.0. The predicted molar refractivity (Wildman–Crippen MR) is 106 cm³/mol. The first-order valence-electron chi connectivity index (χ1n) is 8.48. The van der Waals surface area contributed by atoms with E-state index >= 15 is 0 Å². The fraction of sp³-hybridized carbons (Fsp3) is 0.812. The zero-order valence-electron chi connectivity index (χ0n) is 15.1. The Hall–Kier alpha value is -1.06. The number of carbonyl (C=O) groups is 2. The largest absolute Gasteiger partial charge is 0.354 e. The number of nitrogens with zero attached hydrogens (tertiary/aromatic N) is 4. The van der Waals surface area contributed by atoms with Gasteiger partial charge in [-0.1, -0.05) is 6.92 Å². The molecule has 0 aromatic carbocycles. The molecule has 2 aliphatic rings. The highest BCUT2D eigenvalue weighted by atomic mass is 127. The Balaban J connectivity index is 0.00000288. The number of nitrogens with one attached hydrogen (secondary N) is 1. The summed E-state index contributed by atoms with van der Waals surface area (Å²) in [6.07, 6.45) is 2.56. The Labute approximate surface area is 161 Å². The summed E-state index contributed by atoms with van der Waals surface area (Å²) in [6, 6.07) is 0.580. The van der Waals surface area contributed by atoms with Crippen LogP contribution < -0.4 is 5.32 Å². The SMILES string of the molecule is CCC(C)NC(=NCC(=O)N(C)C)N1CCN2C(=O)CCC2C1.I. The third kappa shape index (κ3) is 5.22. The molecule has 2 unspecified atom stereocenters. The second kappa shape index (κ2) is 9.43. The number of fused-ring (bicyclic) bond motifs is 1. The van der Waals surface area contributed by atoms with Gasteiger partial charge in [-0.05, 0) is 19.8 Å². The lowest BCUT2D eigenvalue weighted by Crippen LogP contribution is -2.57. The number of halogens is 1. The summed E-state index contributed by atoms with van der Waals surface area (Å²) in [4.78, 5) is 33.9. The molecule has 2 saturated heterocycles. The Morgan fingerprint density at radius 3 is 2.75 bits per heavy atom. The number of aliphatic imine (C=N–C) groups is 1. The Kier molecular flexibility index (Phi) is 8.24. The Bertz CT molecular complexity index is 483. The molecule has 2 amide bonds. The first-order chi connectivity index (χ1) is 10.9. The summed E-state index contributed by atoms with van der Waals surface area (Å²) < 4.78 is 0. The van der Waals surface area contributed by atoms with Crippen LogP contribution >= 0.6 is 24.0 Å². The quantitative estimate of drug-likeness (QED) is 0.389. The smallest absolute Gasteiger partial charge is 0.243 e. The molecule has 7 nitrogen and oxygen atoms in total. The summed E-state index contributed by atoms with van der Waals surface area (Å²) in [6.45, 7) is 6.68. The number of hydrogen-bond donors (Lipinski definition) is 1. The fourth-order valence-corrected chi connectivity index (χ4v) is 2.90. The molecule has 8 heteroatoms. The molecule has 2 rings (SSSR count). The summed E-state index contributed by atoms with van der Waals surface area (Å²) in [5.41, 5.74) is 0. The standard InChI is InChI=1S/C16H29N5O2.HI/c1-5-12(2)18-16(17-10-15(23)19(3)4)20-8-9-21-13(11-20)6-7-14(21)22;/h12-13H,5-11H2,1-4H3,(H,17,18);1H. The van der Waals surface area contributed by atoms with E-state index in [0.29, 0.717) is 12.5 Å². The van der Waals surface area contributed by atoms with Gasteiger partial charge in [-0.2, -0.15) is 0 Å². The minimum atomic E-state index is -0.0110. The lowest BCUT2D eigenvalue weighted by molar-refractivity contribution is -0.130. The predicted octanol–water partition coefficient (Wildman–Crippen LogP) is 0.743. The number of hydrogen-bond acceptors (Lipinski definition) is 3. The van der Waals surface area contributed by atoms with Crippen molar-refractivity contribution < 1.29 is 9.59 Å². The van der Waals surface area contributed by atoms with Crippen molar-refractivity contribution >= 4 is 41.8 Å². The maximum Gasteiger partial charge on any atom is 0.243 e. The molecule has 138 valence electrons. The zero-order valence-corrected chi connectivity index (χ0v) is 17.4. The molecule has 0 spiro atoms. The monoisotopic (exact) mass is 451 g/mol. The minimum absolute atomic E-state index is 0. The van der Waals surface area contributed by atoms with Crippen LogP contribution in [0, 0.1) is 0 Å². The molecule has 2 aliphatic heterocycles. The van der Waals surface area contributed by atoms with Crippen molar-refractivity contribution in [2.45, 2.75) is 45.2 Å². The van der Waals surface area contributed by atoms with Gasteiger partial charge in [0.2, 0.25) is 11.8 Å². The van der Waals surface area contributed by atoms with Crippen LogP contribution in [0.1, 0.15) is 33.1 Å². The second-order valence-corrected chi connectivity index (χ2v) is 6.61. The van der Waals surface area contributed by atoms with Crippen molar-refractivity contribution in [1.82, 2.24) is 20.0 Å². The first-order valence-corrected chi connectivity index (χ1v) is 8.48. The summed E-state index contributed by atoms with van der Waals surface area (Å²) in [5, 5.41) is 3.42. The van der Waals surface area contributed by atoms with E-state index in [2.05, 4.69) is 29.1 Å². The topological polar surface area (TPSA) is 68.2 Å². The average molecular weight is 451 g/mol. The van der Waals surface area contributed by atoms with Crippen molar-refractivity contribution in [3.8, 4) is 0 Å². The fourth-order valence-electron chi connectivity index (χ4n) is 2.90. The number of likely N-dealkylation sites (N-methyl/N-ethyl adjacent to an activating group) is 1. The highest BCUT2D eigenvalue weighted by Gasteiger charge is 2.36. The van der Waals surface area contributed by atoms with Crippen molar-refractivity contribution in [2.24, 2.45) is 4.99 Å².